The van der Waals surface area contributed by atoms with Crippen LogP contribution in [0.5, 0.6) is 5.75 Å². The van der Waals surface area contributed by atoms with E-state index < -0.39 is 0 Å². The highest BCUT2D eigenvalue weighted by Gasteiger charge is 2.12. The summed E-state index contributed by atoms with van der Waals surface area (Å²) in [7, 11) is 3.11. The average Bonchev–Trinajstić information content (AvgIpc) is 2.42. The van der Waals surface area contributed by atoms with Crippen molar-refractivity contribution in [3.63, 3.8) is 0 Å². The van der Waals surface area contributed by atoms with Gasteiger partial charge in [-0.3, -0.25) is 4.79 Å². The summed E-state index contributed by atoms with van der Waals surface area (Å²) < 4.78 is 10.3. The Morgan fingerprint density at radius 1 is 1.47 bits per heavy atom. The van der Waals surface area contributed by atoms with Gasteiger partial charge in [0.2, 0.25) is 5.91 Å². The standard InChI is InChI=1S/C13H19ClN2O3/c1-18-11(7-15)6-13(17)16-8-9-5-10(14)3-4-12(9)19-2/h3-5,11H,6-8,15H2,1-2H3,(H,16,17). The lowest BCUT2D eigenvalue weighted by Gasteiger charge is -2.14. The normalized spacial score (nSPS) is 12.0. The molecule has 0 aliphatic heterocycles. The van der Waals surface area contributed by atoms with Gasteiger partial charge in [-0.1, -0.05) is 11.6 Å². The van der Waals surface area contributed by atoms with Gasteiger partial charge in [0.25, 0.3) is 0 Å². The number of amides is 1. The first-order valence-electron chi connectivity index (χ1n) is 5.92. The number of methoxy groups -OCH3 is 2. The van der Waals surface area contributed by atoms with Crippen LogP contribution in [0.4, 0.5) is 0 Å². The topological polar surface area (TPSA) is 73.6 Å². The zero-order valence-electron chi connectivity index (χ0n) is 11.1. The van der Waals surface area contributed by atoms with Crippen LogP contribution in [-0.2, 0) is 16.1 Å². The summed E-state index contributed by atoms with van der Waals surface area (Å²) in [6, 6.07) is 5.26. The van der Waals surface area contributed by atoms with Crippen LogP contribution < -0.4 is 15.8 Å². The van der Waals surface area contributed by atoms with E-state index in [1.165, 1.54) is 7.11 Å². The summed E-state index contributed by atoms with van der Waals surface area (Å²) in [5.41, 5.74) is 6.29. The summed E-state index contributed by atoms with van der Waals surface area (Å²) in [5, 5.41) is 3.39. The van der Waals surface area contributed by atoms with E-state index in [-0.39, 0.29) is 18.4 Å². The minimum absolute atomic E-state index is 0.126. The third kappa shape index (κ3) is 5.06. The number of benzene rings is 1. The third-order valence-electron chi connectivity index (χ3n) is 2.73. The van der Waals surface area contributed by atoms with Crippen molar-refractivity contribution in [3.8, 4) is 5.75 Å². The largest absolute Gasteiger partial charge is 0.496 e. The Hall–Kier alpha value is -1.30. The van der Waals surface area contributed by atoms with Crippen LogP contribution in [0, 0.1) is 0 Å². The van der Waals surface area contributed by atoms with Crippen LogP contribution in [0.15, 0.2) is 18.2 Å². The number of carbonyl (C=O) groups excluding carboxylic acids is 1. The van der Waals surface area contributed by atoms with Gasteiger partial charge in [-0.15, -0.1) is 0 Å². The van der Waals surface area contributed by atoms with Gasteiger partial charge in [-0.05, 0) is 18.2 Å². The lowest BCUT2D eigenvalue weighted by molar-refractivity contribution is -0.123. The van der Waals surface area contributed by atoms with E-state index in [4.69, 9.17) is 26.8 Å². The first-order valence-corrected chi connectivity index (χ1v) is 6.30. The van der Waals surface area contributed by atoms with Gasteiger partial charge in [-0.25, -0.2) is 0 Å². The first kappa shape index (κ1) is 15.8. The fraction of sp³-hybridized carbons (Fsp3) is 0.462. The SMILES string of the molecule is COc1ccc(Cl)cc1CNC(=O)CC(CN)OC. The second kappa shape index (κ2) is 7.99. The molecule has 0 aliphatic carbocycles. The van der Waals surface area contributed by atoms with E-state index in [0.717, 1.165) is 5.56 Å². The summed E-state index contributed by atoms with van der Waals surface area (Å²) in [6.07, 6.45) is -0.0307. The lowest BCUT2D eigenvalue weighted by Crippen LogP contribution is -2.32. The van der Waals surface area contributed by atoms with Gasteiger partial charge in [0.15, 0.2) is 0 Å². The minimum Gasteiger partial charge on any atom is -0.496 e. The smallest absolute Gasteiger partial charge is 0.222 e. The quantitative estimate of drug-likeness (QED) is 0.793. The van der Waals surface area contributed by atoms with Crippen LogP contribution in [0.2, 0.25) is 5.02 Å². The predicted molar refractivity (Wildman–Crippen MR) is 74.3 cm³/mol. The third-order valence-corrected chi connectivity index (χ3v) is 2.96. The minimum atomic E-state index is -0.263. The number of rotatable bonds is 7. The number of hydrogen-bond donors (Lipinski definition) is 2. The molecule has 0 aliphatic rings. The molecule has 3 N–H and O–H groups in total. The molecule has 1 rings (SSSR count). The van der Waals surface area contributed by atoms with Gasteiger partial charge in [0.1, 0.15) is 5.75 Å². The predicted octanol–water partition coefficient (Wildman–Crippen LogP) is 1.33. The van der Waals surface area contributed by atoms with Crippen LogP contribution in [0.3, 0.4) is 0 Å². The zero-order valence-corrected chi connectivity index (χ0v) is 11.9. The lowest BCUT2D eigenvalue weighted by atomic mass is 10.2. The Labute approximate surface area is 118 Å². The summed E-state index contributed by atoms with van der Waals surface area (Å²) in [6.45, 7) is 0.661. The molecule has 0 heterocycles. The summed E-state index contributed by atoms with van der Waals surface area (Å²) in [5.74, 6) is 0.561. The second-order valence-corrected chi connectivity index (χ2v) is 4.47. The Morgan fingerprint density at radius 3 is 2.79 bits per heavy atom. The van der Waals surface area contributed by atoms with Gasteiger partial charge >= 0.3 is 0 Å². The molecule has 0 bridgehead atoms. The van der Waals surface area contributed by atoms with Crippen molar-refractivity contribution in [1.29, 1.82) is 0 Å². The van der Waals surface area contributed by atoms with Crippen molar-refractivity contribution in [1.82, 2.24) is 5.32 Å². The fourth-order valence-electron chi connectivity index (χ4n) is 1.62. The number of hydrogen-bond acceptors (Lipinski definition) is 4. The molecule has 106 valence electrons. The van der Waals surface area contributed by atoms with E-state index in [2.05, 4.69) is 5.32 Å². The van der Waals surface area contributed by atoms with Gasteiger partial charge in [0.05, 0.1) is 19.6 Å². The van der Waals surface area contributed by atoms with Gasteiger partial charge in [0, 0.05) is 30.8 Å². The van der Waals surface area contributed by atoms with Gasteiger partial charge < -0.3 is 20.5 Å². The van der Waals surface area contributed by atoms with E-state index in [1.807, 2.05) is 0 Å². The van der Waals surface area contributed by atoms with Crippen molar-refractivity contribution in [3.05, 3.63) is 28.8 Å². The molecule has 1 aromatic rings. The molecule has 1 aromatic carbocycles. The van der Waals surface area contributed by atoms with E-state index in [0.29, 0.717) is 23.9 Å². The molecule has 1 amide bonds. The first-order chi connectivity index (χ1) is 9.10. The van der Waals surface area contributed by atoms with E-state index in [1.54, 1.807) is 25.3 Å². The van der Waals surface area contributed by atoms with Crippen LogP contribution >= 0.6 is 11.6 Å². The Kier molecular flexibility index (Phi) is 6.62. The number of halogens is 1. The number of nitrogens with two attached hydrogens (primary N) is 1. The number of nitrogens with one attached hydrogen (secondary N) is 1. The molecule has 0 spiro atoms. The fourth-order valence-corrected chi connectivity index (χ4v) is 1.82. The molecule has 0 fully saturated rings. The molecule has 1 atom stereocenters. The maximum Gasteiger partial charge on any atom is 0.222 e. The molecule has 0 saturated heterocycles. The van der Waals surface area contributed by atoms with Crippen molar-refractivity contribution >= 4 is 17.5 Å². The molecule has 6 heteroatoms. The maximum absolute atomic E-state index is 11.7. The molecule has 0 aromatic heterocycles. The van der Waals surface area contributed by atoms with E-state index >= 15 is 0 Å². The summed E-state index contributed by atoms with van der Waals surface area (Å²) >= 11 is 5.91. The average molecular weight is 287 g/mol. The Morgan fingerprint density at radius 2 is 2.21 bits per heavy atom. The molecule has 5 nitrogen and oxygen atoms in total. The zero-order chi connectivity index (χ0) is 14.3. The highest BCUT2D eigenvalue weighted by atomic mass is 35.5. The second-order valence-electron chi connectivity index (χ2n) is 4.03. The highest BCUT2D eigenvalue weighted by Crippen LogP contribution is 2.22. The molecule has 19 heavy (non-hydrogen) atoms. The van der Waals surface area contributed by atoms with Crippen LogP contribution in [0.25, 0.3) is 0 Å². The van der Waals surface area contributed by atoms with Crippen molar-refractivity contribution in [2.24, 2.45) is 5.73 Å². The van der Waals surface area contributed by atoms with E-state index in [9.17, 15) is 4.79 Å². The Balaban J connectivity index is 2.56. The number of carbonyl (C=O) groups is 1. The summed E-state index contributed by atoms with van der Waals surface area (Å²) in [4.78, 5) is 11.7. The Bertz CT molecular complexity index is 422. The van der Waals surface area contributed by atoms with Gasteiger partial charge in [-0.2, -0.15) is 0 Å². The monoisotopic (exact) mass is 286 g/mol. The van der Waals surface area contributed by atoms with Crippen molar-refractivity contribution < 1.29 is 14.3 Å². The van der Waals surface area contributed by atoms with Crippen LogP contribution in [-0.4, -0.2) is 32.8 Å². The highest BCUT2D eigenvalue weighted by molar-refractivity contribution is 6.30. The van der Waals surface area contributed by atoms with Crippen molar-refractivity contribution in [2.75, 3.05) is 20.8 Å². The van der Waals surface area contributed by atoms with Crippen LogP contribution in [0.1, 0.15) is 12.0 Å². The van der Waals surface area contributed by atoms with Crippen molar-refractivity contribution in [2.45, 2.75) is 19.1 Å². The maximum atomic E-state index is 11.7. The molecular weight excluding hydrogens is 268 g/mol. The number of ether oxygens (including phenoxy) is 2. The molecule has 0 saturated carbocycles. The molecule has 0 radical (unpaired) electrons. The molecular formula is C13H19ClN2O3. The molecule has 1 unspecified atom stereocenters.